The molecule has 0 aliphatic rings. The van der Waals surface area contributed by atoms with Crippen LogP contribution in [-0.4, -0.2) is 45.2 Å². The molecular weight excluding hydrogens is 268 g/mol. The molecule has 1 atom stereocenters. The summed E-state index contributed by atoms with van der Waals surface area (Å²) in [5.74, 6) is -3.61. The van der Waals surface area contributed by atoms with Gasteiger partial charge in [0.05, 0.1) is 0 Å². The van der Waals surface area contributed by atoms with E-state index in [9.17, 15) is 9.59 Å². The SMILES string of the molecule is CCCCCCC(CC(C(=O)O)C(=O)O)C(C)(C)C.[H-].[H-].[Mg+2]. The van der Waals surface area contributed by atoms with Crippen molar-refractivity contribution in [2.45, 2.75) is 66.2 Å². The zero-order valence-electron chi connectivity index (χ0n) is 15.3. The maximum Gasteiger partial charge on any atom is 2.00 e. The first-order valence-corrected chi connectivity index (χ1v) is 7.15. The molecule has 0 aromatic carbocycles. The summed E-state index contributed by atoms with van der Waals surface area (Å²) in [5, 5.41) is 18.0. The predicted molar refractivity (Wildman–Crippen MR) is 83.1 cm³/mol. The zero-order valence-corrected chi connectivity index (χ0v) is 14.7. The number of rotatable bonds is 9. The minimum absolute atomic E-state index is 0. The van der Waals surface area contributed by atoms with Crippen molar-refractivity contribution < 1.29 is 22.7 Å². The van der Waals surface area contributed by atoms with Crippen molar-refractivity contribution in [3.63, 3.8) is 0 Å². The quantitative estimate of drug-likeness (QED) is 0.387. The van der Waals surface area contributed by atoms with Gasteiger partial charge in [-0.3, -0.25) is 9.59 Å². The van der Waals surface area contributed by atoms with Crippen molar-refractivity contribution in [2.75, 3.05) is 0 Å². The molecule has 0 aliphatic heterocycles. The van der Waals surface area contributed by atoms with Crippen LogP contribution in [0.4, 0.5) is 0 Å². The third-order valence-electron chi connectivity index (χ3n) is 3.75. The second-order valence-corrected chi connectivity index (χ2v) is 6.38. The van der Waals surface area contributed by atoms with Crippen molar-refractivity contribution in [3.8, 4) is 0 Å². The Morgan fingerprint density at radius 1 is 1.05 bits per heavy atom. The summed E-state index contributed by atoms with van der Waals surface area (Å²) in [6.45, 7) is 8.31. The van der Waals surface area contributed by atoms with E-state index in [1.807, 2.05) is 0 Å². The Hall–Kier alpha value is -0.294. The van der Waals surface area contributed by atoms with E-state index in [2.05, 4.69) is 27.7 Å². The van der Waals surface area contributed by atoms with E-state index in [0.717, 1.165) is 25.7 Å². The van der Waals surface area contributed by atoms with Crippen LogP contribution in [0.2, 0.25) is 0 Å². The van der Waals surface area contributed by atoms with E-state index >= 15 is 0 Å². The van der Waals surface area contributed by atoms with Gasteiger partial charge in [-0.15, -0.1) is 0 Å². The maximum absolute atomic E-state index is 11.0. The molecule has 0 heterocycles. The number of carbonyl (C=O) groups is 2. The summed E-state index contributed by atoms with van der Waals surface area (Å²) in [6.07, 6.45) is 5.64. The van der Waals surface area contributed by atoms with Gasteiger partial charge in [-0.2, -0.15) is 0 Å². The maximum atomic E-state index is 11.0. The van der Waals surface area contributed by atoms with Crippen LogP contribution >= 0.6 is 0 Å². The molecule has 116 valence electrons. The van der Waals surface area contributed by atoms with Crippen LogP contribution in [0.3, 0.4) is 0 Å². The molecule has 0 spiro atoms. The number of carboxylic acid groups (broad SMARTS) is 2. The van der Waals surface area contributed by atoms with Crippen molar-refractivity contribution in [1.82, 2.24) is 0 Å². The minimum atomic E-state index is -1.28. The number of hydrogen-bond acceptors (Lipinski definition) is 2. The van der Waals surface area contributed by atoms with Crippen LogP contribution in [0.25, 0.3) is 0 Å². The first-order valence-electron chi connectivity index (χ1n) is 7.15. The molecule has 0 fully saturated rings. The molecule has 20 heavy (non-hydrogen) atoms. The van der Waals surface area contributed by atoms with Crippen LogP contribution in [0.5, 0.6) is 0 Å². The van der Waals surface area contributed by atoms with E-state index in [4.69, 9.17) is 10.2 Å². The average molecular weight is 299 g/mol. The van der Waals surface area contributed by atoms with Crippen LogP contribution in [0, 0.1) is 17.3 Å². The van der Waals surface area contributed by atoms with E-state index in [1.54, 1.807) is 0 Å². The van der Waals surface area contributed by atoms with Gasteiger partial charge in [0.1, 0.15) is 0 Å². The largest absolute Gasteiger partial charge is 2.00 e. The number of unbranched alkanes of at least 4 members (excludes halogenated alkanes) is 3. The summed E-state index contributed by atoms with van der Waals surface area (Å²) in [5.41, 5.74) is -0.0602. The Balaban J connectivity index is -0.000000540. The Bertz CT molecular complexity index is 292. The molecule has 5 heteroatoms. The van der Waals surface area contributed by atoms with Crippen molar-refractivity contribution >= 4 is 35.0 Å². The van der Waals surface area contributed by atoms with Crippen molar-refractivity contribution in [2.24, 2.45) is 17.3 Å². The van der Waals surface area contributed by atoms with Crippen LogP contribution < -0.4 is 0 Å². The Morgan fingerprint density at radius 2 is 1.55 bits per heavy atom. The van der Waals surface area contributed by atoms with Gasteiger partial charge in [0, 0.05) is 0 Å². The minimum Gasteiger partial charge on any atom is -1.00 e. The van der Waals surface area contributed by atoms with E-state index in [0.29, 0.717) is 0 Å². The van der Waals surface area contributed by atoms with Gasteiger partial charge < -0.3 is 13.1 Å². The van der Waals surface area contributed by atoms with Crippen LogP contribution in [0.1, 0.15) is 69.1 Å². The monoisotopic (exact) mass is 298 g/mol. The molecule has 0 aromatic rings. The van der Waals surface area contributed by atoms with E-state index in [1.165, 1.54) is 6.42 Å². The molecule has 0 saturated heterocycles. The zero-order chi connectivity index (χ0) is 15.1. The van der Waals surface area contributed by atoms with Crippen LogP contribution in [-0.2, 0) is 9.59 Å². The summed E-state index contributed by atoms with van der Waals surface area (Å²) in [7, 11) is 0. The smallest absolute Gasteiger partial charge is 1.00 e. The van der Waals surface area contributed by atoms with Gasteiger partial charge in [-0.1, -0.05) is 53.4 Å². The first kappa shape index (κ1) is 22.0. The summed E-state index contributed by atoms with van der Waals surface area (Å²) >= 11 is 0. The Labute approximate surface area is 141 Å². The van der Waals surface area contributed by atoms with Gasteiger partial charge in [0.2, 0.25) is 0 Å². The molecule has 0 aromatic heterocycles. The Kier molecular flexibility index (Phi) is 11.5. The predicted octanol–water partition coefficient (Wildman–Crippen LogP) is 3.64. The fraction of sp³-hybridized carbons (Fsp3) is 0.867. The molecule has 0 aliphatic carbocycles. The van der Waals surface area contributed by atoms with Gasteiger partial charge in [0.25, 0.3) is 0 Å². The van der Waals surface area contributed by atoms with Gasteiger partial charge in [0.15, 0.2) is 5.92 Å². The number of carboxylic acids is 2. The standard InChI is InChI=1S/C15H28O4.Mg.2H/c1-5-6-7-8-9-11(15(2,3)4)10-12(13(16)17)14(18)19;;;/h11-12H,5-10H2,1-4H3,(H,16,17)(H,18,19);;;/q;+2;2*-1. The second-order valence-electron chi connectivity index (χ2n) is 6.38. The molecule has 0 rings (SSSR count). The number of aliphatic carboxylic acids is 2. The molecule has 0 bridgehead atoms. The topological polar surface area (TPSA) is 74.6 Å². The summed E-state index contributed by atoms with van der Waals surface area (Å²) in [6, 6.07) is 0. The third kappa shape index (κ3) is 8.79. The first-order chi connectivity index (χ1) is 8.70. The third-order valence-corrected chi connectivity index (χ3v) is 3.75. The molecule has 0 saturated carbocycles. The van der Waals surface area contributed by atoms with E-state index in [-0.39, 0.29) is 43.7 Å². The van der Waals surface area contributed by atoms with E-state index < -0.39 is 17.9 Å². The van der Waals surface area contributed by atoms with Crippen LogP contribution in [0.15, 0.2) is 0 Å². The fourth-order valence-electron chi connectivity index (χ4n) is 2.31. The second kappa shape index (κ2) is 10.4. The normalized spacial score (nSPS) is 12.8. The van der Waals surface area contributed by atoms with Gasteiger partial charge in [-0.05, 0) is 24.2 Å². The van der Waals surface area contributed by atoms with Crippen molar-refractivity contribution in [3.05, 3.63) is 0 Å². The van der Waals surface area contributed by atoms with Gasteiger partial charge >= 0.3 is 35.0 Å². The molecular formula is C15H30MgO4. The summed E-state index contributed by atoms with van der Waals surface area (Å²) in [4.78, 5) is 22.0. The molecule has 0 radical (unpaired) electrons. The fourth-order valence-corrected chi connectivity index (χ4v) is 2.31. The average Bonchev–Trinajstić information content (AvgIpc) is 2.25. The molecule has 1 unspecified atom stereocenters. The Morgan fingerprint density at radius 3 is 1.90 bits per heavy atom. The van der Waals surface area contributed by atoms with Gasteiger partial charge in [-0.25, -0.2) is 0 Å². The molecule has 2 N–H and O–H groups in total. The molecule has 4 nitrogen and oxygen atoms in total. The number of hydrogen-bond donors (Lipinski definition) is 2. The molecule has 0 amide bonds. The summed E-state index contributed by atoms with van der Waals surface area (Å²) < 4.78 is 0. The van der Waals surface area contributed by atoms with Crippen molar-refractivity contribution in [1.29, 1.82) is 0 Å².